The Kier molecular flexibility index (Phi) is 15.5. The number of rotatable bonds is 18. The summed E-state index contributed by atoms with van der Waals surface area (Å²) in [6, 6.07) is 28.2. The minimum Gasteiger partial charge on any atom is -0.371 e. The van der Waals surface area contributed by atoms with E-state index < -0.39 is 0 Å². The molecule has 0 saturated carbocycles. The van der Waals surface area contributed by atoms with E-state index in [0.29, 0.717) is 0 Å². The summed E-state index contributed by atoms with van der Waals surface area (Å²) in [6.45, 7) is 27.0. The maximum Gasteiger partial charge on any atom is 0.212 e. The van der Waals surface area contributed by atoms with E-state index in [0.717, 1.165) is 89.0 Å². The standard InChI is InChI=1S/C52H70N4/c1-11-31-53(32-12-2)51-29-27-49(37-43(51)17-7)56(50-28-30-52(44(18-8)38-50)54(33-13-3)34-14-4)46-25-23-45(24-26-46)55(47-21-19-39(9)41(15-5)35-47)48-22-20-40(10)42(16-6)36-48/h19-30,35-38H,11-18,31-34H2,1-10H3/q+2. The van der Waals surface area contributed by atoms with E-state index >= 15 is 0 Å². The van der Waals surface area contributed by atoms with Crippen LogP contribution in [0.3, 0.4) is 0 Å². The Morgan fingerprint density at radius 3 is 0.946 bits per heavy atom. The van der Waals surface area contributed by atoms with Gasteiger partial charge in [0.15, 0.2) is 0 Å². The molecule has 0 N–H and O–H groups in total. The lowest BCUT2D eigenvalue weighted by Gasteiger charge is -2.27. The van der Waals surface area contributed by atoms with Crippen LogP contribution in [0, 0.1) is 13.8 Å². The molecule has 0 fully saturated rings. The van der Waals surface area contributed by atoms with Gasteiger partial charge in [0, 0.05) is 110 Å². The quantitative estimate of drug-likeness (QED) is 0.0742. The van der Waals surface area contributed by atoms with Crippen molar-refractivity contribution in [3.63, 3.8) is 0 Å². The lowest BCUT2D eigenvalue weighted by molar-refractivity contribution is 0.740. The Balaban J connectivity index is 1.75. The fourth-order valence-corrected chi connectivity index (χ4v) is 8.39. The van der Waals surface area contributed by atoms with Crippen LogP contribution in [0.1, 0.15) is 114 Å². The number of nitrogens with zero attached hydrogens (tertiary/aromatic N) is 4. The molecule has 0 spiro atoms. The molecular formula is C52H70N4+2. The van der Waals surface area contributed by atoms with Gasteiger partial charge in [0.25, 0.3) is 0 Å². The van der Waals surface area contributed by atoms with Crippen LogP contribution in [0.5, 0.6) is 0 Å². The molecule has 0 atom stereocenters. The van der Waals surface area contributed by atoms with E-state index in [-0.39, 0.29) is 0 Å². The number of anilines is 2. The fourth-order valence-electron chi connectivity index (χ4n) is 8.39. The van der Waals surface area contributed by atoms with E-state index in [1.807, 2.05) is 0 Å². The van der Waals surface area contributed by atoms with Crippen molar-refractivity contribution in [1.29, 1.82) is 0 Å². The van der Waals surface area contributed by atoms with Crippen molar-refractivity contribution in [2.45, 2.75) is 121 Å². The summed E-state index contributed by atoms with van der Waals surface area (Å²) in [7, 11) is 0. The zero-order valence-corrected chi connectivity index (χ0v) is 36.5. The molecule has 4 heteroatoms. The summed E-state index contributed by atoms with van der Waals surface area (Å²) in [5.74, 6) is 0. The smallest absolute Gasteiger partial charge is 0.212 e. The number of hydrogen-bond donors (Lipinski definition) is 0. The summed E-state index contributed by atoms with van der Waals surface area (Å²) in [5, 5.41) is 0. The molecule has 296 valence electrons. The molecule has 0 radical (unpaired) electrons. The third kappa shape index (κ3) is 9.63. The van der Waals surface area contributed by atoms with E-state index in [1.165, 1.54) is 67.5 Å². The van der Waals surface area contributed by atoms with Crippen LogP contribution in [0.15, 0.2) is 97.1 Å². The summed E-state index contributed by atoms with van der Waals surface area (Å²) >= 11 is 0. The topological polar surface area (TPSA) is 12.5 Å². The maximum atomic E-state index is 2.58. The van der Waals surface area contributed by atoms with E-state index in [1.54, 1.807) is 0 Å². The van der Waals surface area contributed by atoms with Crippen LogP contribution in [0.4, 0.5) is 34.1 Å². The molecule has 0 bridgehead atoms. The lowest BCUT2D eigenvalue weighted by atomic mass is 10.0. The zero-order valence-electron chi connectivity index (χ0n) is 36.5. The first kappa shape index (κ1) is 42.4. The molecule has 0 aromatic heterocycles. The van der Waals surface area contributed by atoms with Crippen LogP contribution in [-0.4, -0.2) is 37.6 Å². The predicted molar refractivity (Wildman–Crippen MR) is 250 cm³/mol. The highest BCUT2D eigenvalue weighted by molar-refractivity contribution is 6.20. The van der Waals surface area contributed by atoms with Crippen LogP contribution >= 0.6 is 0 Å². The minimum atomic E-state index is 0.990. The zero-order chi connectivity index (χ0) is 40.2. The molecule has 1 aliphatic rings. The Morgan fingerprint density at radius 1 is 0.375 bits per heavy atom. The number of aryl methyl sites for hydroxylation is 6. The number of allylic oxidation sites excluding steroid dienone is 4. The maximum absolute atomic E-state index is 2.58. The first-order valence-electron chi connectivity index (χ1n) is 21.9. The molecule has 0 saturated heterocycles. The highest BCUT2D eigenvalue weighted by atomic mass is 15.1. The number of hydrogen-bond acceptors (Lipinski definition) is 2. The second-order valence-electron chi connectivity index (χ2n) is 15.4. The monoisotopic (exact) mass is 751 g/mol. The van der Waals surface area contributed by atoms with Gasteiger partial charge in [-0.25, -0.2) is 0 Å². The summed E-state index contributed by atoms with van der Waals surface area (Å²) < 4.78 is 4.92. The van der Waals surface area contributed by atoms with Crippen molar-refractivity contribution in [2.75, 3.05) is 36.0 Å². The third-order valence-electron chi connectivity index (χ3n) is 11.4. The number of benzene rings is 4. The van der Waals surface area contributed by atoms with Crippen LogP contribution in [-0.2, 0) is 25.7 Å². The average molecular weight is 751 g/mol. The molecule has 4 aromatic rings. The summed E-state index contributed by atoms with van der Waals surface area (Å²) in [6.07, 6.45) is 17.9. The van der Waals surface area contributed by atoms with Crippen LogP contribution < -0.4 is 19.0 Å². The molecule has 5 rings (SSSR count). The van der Waals surface area contributed by atoms with Gasteiger partial charge in [-0.2, -0.15) is 9.15 Å². The SMILES string of the molecule is CCCN(CCC)c1ccc([N+](=C2C=CC(=[N+](c3ccc(C)c(CC)c3)c3ccc(C)c(CC)c3)C=C2)c2ccc(N(CCC)CCC)c(CC)c2)cc1CC. The first-order chi connectivity index (χ1) is 27.2. The van der Waals surface area contributed by atoms with Gasteiger partial charge >= 0.3 is 0 Å². The Bertz CT molecular complexity index is 1920. The van der Waals surface area contributed by atoms with E-state index in [2.05, 4.69) is 185 Å². The van der Waals surface area contributed by atoms with Crippen molar-refractivity contribution >= 4 is 45.5 Å². The summed E-state index contributed by atoms with van der Waals surface area (Å²) in [4.78, 5) is 5.17. The largest absolute Gasteiger partial charge is 0.371 e. The van der Waals surface area contributed by atoms with Gasteiger partial charge in [0.1, 0.15) is 0 Å². The Hall–Kier alpha value is -4.70. The second-order valence-corrected chi connectivity index (χ2v) is 15.4. The van der Waals surface area contributed by atoms with Crippen molar-refractivity contribution in [1.82, 2.24) is 9.15 Å². The molecule has 0 amide bonds. The van der Waals surface area contributed by atoms with Gasteiger partial charge < -0.3 is 9.80 Å². The fraction of sp³-hybridized carbons (Fsp3) is 0.423. The van der Waals surface area contributed by atoms with Gasteiger partial charge in [-0.3, -0.25) is 0 Å². The van der Waals surface area contributed by atoms with Crippen molar-refractivity contribution in [2.24, 2.45) is 0 Å². The third-order valence-corrected chi connectivity index (χ3v) is 11.4. The predicted octanol–water partition coefficient (Wildman–Crippen LogP) is 13.2. The molecular weight excluding hydrogens is 681 g/mol. The van der Waals surface area contributed by atoms with Gasteiger partial charge in [-0.05, 0) is 111 Å². The lowest BCUT2D eigenvalue weighted by Crippen LogP contribution is -2.26. The molecule has 56 heavy (non-hydrogen) atoms. The van der Waals surface area contributed by atoms with Gasteiger partial charge in [0.2, 0.25) is 34.2 Å². The highest BCUT2D eigenvalue weighted by Crippen LogP contribution is 2.34. The molecule has 4 nitrogen and oxygen atoms in total. The normalized spacial score (nSPS) is 12.4. The molecule has 4 aromatic carbocycles. The highest BCUT2D eigenvalue weighted by Gasteiger charge is 2.27. The summed E-state index contributed by atoms with van der Waals surface area (Å²) in [5.41, 5.74) is 18.1. The molecule has 0 unspecified atom stereocenters. The first-order valence-corrected chi connectivity index (χ1v) is 21.9. The van der Waals surface area contributed by atoms with Gasteiger partial charge in [-0.15, -0.1) is 0 Å². The second kappa shape index (κ2) is 20.5. The van der Waals surface area contributed by atoms with Crippen LogP contribution in [0.25, 0.3) is 0 Å². The Morgan fingerprint density at radius 2 is 0.661 bits per heavy atom. The van der Waals surface area contributed by atoms with Gasteiger partial charge in [-0.1, -0.05) is 67.5 Å². The molecule has 0 aliphatic heterocycles. The van der Waals surface area contributed by atoms with Crippen LogP contribution in [0.2, 0.25) is 0 Å². The van der Waals surface area contributed by atoms with E-state index in [4.69, 9.17) is 0 Å². The van der Waals surface area contributed by atoms with Crippen molar-refractivity contribution < 1.29 is 0 Å². The van der Waals surface area contributed by atoms with Crippen molar-refractivity contribution in [3.8, 4) is 0 Å². The van der Waals surface area contributed by atoms with Crippen molar-refractivity contribution in [3.05, 3.63) is 130 Å². The Labute approximate surface area is 340 Å². The minimum absolute atomic E-state index is 0.990. The van der Waals surface area contributed by atoms with Gasteiger partial charge in [0.05, 0.1) is 0 Å². The molecule has 0 heterocycles. The molecule has 1 aliphatic carbocycles. The van der Waals surface area contributed by atoms with E-state index in [9.17, 15) is 0 Å². The average Bonchev–Trinajstić information content (AvgIpc) is 3.22.